The zero-order chi connectivity index (χ0) is 14.1. The lowest BCUT2D eigenvalue weighted by molar-refractivity contribution is -0.132. The van der Waals surface area contributed by atoms with Crippen molar-refractivity contribution in [2.75, 3.05) is 32.8 Å². The molecule has 0 spiro atoms. The topological polar surface area (TPSA) is 89.9 Å². The number of amides is 2. The van der Waals surface area contributed by atoms with Crippen LogP contribution < -0.4 is 5.32 Å². The highest BCUT2D eigenvalue weighted by atomic mass is 32.1. The van der Waals surface area contributed by atoms with Crippen molar-refractivity contribution in [2.45, 2.75) is 6.42 Å². The lowest BCUT2D eigenvalue weighted by Crippen LogP contribution is -2.38. The maximum absolute atomic E-state index is 11.7. The van der Waals surface area contributed by atoms with Gasteiger partial charge in [-0.25, -0.2) is 0 Å². The van der Waals surface area contributed by atoms with E-state index in [0.717, 1.165) is 0 Å². The highest BCUT2D eigenvalue weighted by Crippen LogP contribution is 2.07. The van der Waals surface area contributed by atoms with Gasteiger partial charge in [-0.15, -0.1) is 11.3 Å². The van der Waals surface area contributed by atoms with E-state index in [2.05, 4.69) is 5.32 Å². The third-order valence-corrected chi connectivity index (χ3v) is 3.33. The van der Waals surface area contributed by atoms with Gasteiger partial charge in [-0.3, -0.25) is 9.59 Å². The number of carbonyl (C=O) groups excluding carboxylic acids is 2. The van der Waals surface area contributed by atoms with E-state index < -0.39 is 0 Å². The van der Waals surface area contributed by atoms with Crippen LogP contribution in [0.25, 0.3) is 0 Å². The molecule has 0 fully saturated rings. The molecule has 7 heteroatoms. The van der Waals surface area contributed by atoms with Crippen LogP contribution in [0.4, 0.5) is 0 Å². The van der Waals surface area contributed by atoms with Gasteiger partial charge in [-0.2, -0.15) is 0 Å². The van der Waals surface area contributed by atoms with Crippen LogP contribution in [0, 0.1) is 0 Å². The quantitative estimate of drug-likeness (QED) is 0.611. The number of rotatable bonds is 8. The first-order chi connectivity index (χ1) is 9.19. The fourth-order valence-electron chi connectivity index (χ4n) is 1.54. The van der Waals surface area contributed by atoms with Gasteiger partial charge in [-0.1, -0.05) is 6.07 Å². The van der Waals surface area contributed by atoms with Crippen molar-refractivity contribution in [3.05, 3.63) is 22.4 Å². The summed E-state index contributed by atoms with van der Waals surface area (Å²) in [5, 5.41) is 22.1. The fraction of sp³-hybridized carbons (Fsp3) is 0.500. The number of nitrogens with one attached hydrogen (secondary N) is 1. The van der Waals surface area contributed by atoms with E-state index in [4.69, 9.17) is 10.2 Å². The second kappa shape index (κ2) is 8.63. The van der Waals surface area contributed by atoms with Gasteiger partial charge in [-0.05, 0) is 11.4 Å². The van der Waals surface area contributed by atoms with E-state index in [9.17, 15) is 9.59 Å². The number of aliphatic hydroxyl groups is 2. The molecule has 1 heterocycles. The minimum atomic E-state index is -0.199. The highest BCUT2D eigenvalue weighted by molar-refractivity contribution is 7.12. The van der Waals surface area contributed by atoms with E-state index in [0.29, 0.717) is 4.88 Å². The van der Waals surface area contributed by atoms with E-state index in [-0.39, 0.29) is 51.1 Å². The molecule has 0 unspecified atom stereocenters. The summed E-state index contributed by atoms with van der Waals surface area (Å²) in [5.41, 5.74) is 0. The standard InChI is InChI=1S/C12H18N2O4S/c15-7-5-14(6-8-16)11(17)3-4-13-12(18)10-2-1-9-19-10/h1-2,9,15-16H,3-8H2,(H,13,18). The minimum absolute atomic E-state index is 0.146. The Hall–Kier alpha value is -1.44. The zero-order valence-electron chi connectivity index (χ0n) is 10.5. The first-order valence-corrected chi connectivity index (χ1v) is 6.88. The predicted molar refractivity (Wildman–Crippen MR) is 72.0 cm³/mol. The Labute approximate surface area is 115 Å². The molecule has 19 heavy (non-hydrogen) atoms. The van der Waals surface area contributed by atoms with Gasteiger partial charge in [0.2, 0.25) is 5.91 Å². The molecule has 1 rings (SSSR count). The summed E-state index contributed by atoms with van der Waals surface area (Å²) in [6, 6.07) is 3.50. The van der Waals surface area contributed by atoms with Crippen LogP contribution in [-0.2, 0) is 4.79 Å². The molecule has 6 nitrogen and oxygen atoms in total. The summed E-state index contributed by atoms with van der Waals surface area (Å²) in [6.45, 7) is 0.333. The maximum Gasteiger partial charge on any atom is 0.261 e. The van der Waals surface area contributed by atoms with Gasteiger partial charge in [0.05, 0.1) is 18.1 Å². The average Bonchev–Trinajstić information content (AvgIpc) is 2.92. The first-order valence-electron chi connectivity index (χ1n) is 6.00. The molecule has 3 N–H and O–H groups in total. The molecule has 1 aromatic heterocycles. The van der Waals surface area contributed by atoms with Gasteiger partial charge in [0, 0.05) is 26.1 Å². The number of hydrogen-bond acceptors (Lipinski definition) is 5. The monoisotopic (exact) mass is 286 g/mol. The molecule has 2 amide bonds. The molecule has 0 aliphatic heterocycles. The Balaban J connectivity index is 2.31. The van der Waals surface area contributed by atoms with Crippen LogP contribution >= 0.6 is 11.3 Å². The third-order valence-electron chi connectivity index (χ3n) is 2.46. The van der Waals surface area contributed by atoms with Crippen molar-refractivity contribution in [1.29, 1.82) is 0 Å². The van der Waals surface area contributed by atoms with E-state index in [1.807, 2.05) is 5.38 Å². The largest absolute Gasteiger partial charge is 0.395 e. The minimum Gasteiger partial charge on any atom is -0.395 e. The zero-order valence-corrected chi connectivity index (χ0v) is 11.4. The van der Waals surface area contributed by atoms with Gasteiger partial charge in [0.1, 0.15) is 0 Å². The Kier molecular flexibility index (Phi) is 7.09. The number of thiophene rings is 1. The van der Waals surface area contributed by atoms with Crippen LogP contribution in [0.15, 0.2) is 17.5 Å². The summed E-state index contributed by atoms with van der Waals surface area (Å²) in [7, 11) is 0. The normalized spacial score (nSPS) is 10.2. The fourth-order valence-corrected chi connectivity index (χ4v) is 2.18. The number of nitrogens with zero attached hydrogens (tertiary/aromatic N) is 1. The van der Waals surface area contributed by atoms with E-state index >= 15 is 0 Å². The maximum atomic E-state index is 11.7. The van der Waals surface area contributed by atoms with E-state index in [1.54, 1.807) is 12.1 Å². The second-order valence-corrected chi connectivity index (χ2v) is 4.76. The summed E-state index contributed by atoms with van der Waals surface area (Å²) in [6.07, 6.45) is 0.150. The van der Waals surface area contributed by atoms with Crippen LogP contribution in [0.3, 0.4) is 0 Å². The van der Waals surface area contributed by atoms with Crippen LogP contribution in [0.1, 0.15) is 16.1 Å². The molecule has 0 aromatic carbocycles. The molecular weight excluding hydrogens is 268 g/mol. The first kappa shape index (κ1) is 15.6. The van der Waals surface area contributed by atoms with Gasteiger partial charge < -0.3 is 20.4 Å². The average molecular weight is 286 g/mol. The molecule has 0 aliphatic carbocycles. The van der Waals surface area contributed by atoms with Gasteiger partial charge in [0.25, 0.3) is 5.91 Å². The molecule has 0 atom stereocenters. The van der Waals surface area contributed by atoms with Crippen molar-refractivity contribution in [2.24, 2.45) is 0 Å². The molecular formula is C12H18N2O4S. The molecule has 0 saturated carbocycles. The second-order valence-electron chi connectivity index (χ2n) is 3.81. The SMILES string of the molecule is O=C(NCCC(=O)N(CCO)CCO)c1cccs1. The van der Waals surface area contributed by atoms with Crippen molar-refractivity contribution >= 4 is 23.2 Å². The lowest BCUT2D eigenvalue weighted by atomic mass is 10.3. The van der Waals surface area contributed by atoms with Crippen LogP contribution in [0.5, 0.6) is 0 Å². The van der Waals surface area contributed by atoms with Gasteiger partial charge >= 0.3 is 0 Å². The van der Waals surface area contributed by atoms with E-state index in [1.165, 1.54) is 16.2 Å². The Bertz CT molecular complexity index is 388. The summed E-state index contributed by atoms with van der Waals surface area (Å²) in [4.78, 5) is 25.3. The number of hydrogen-bond donors (Lipinski definition) is 3. The predicted octanol–water partition coefficient (Wildman–Crippen LogP) is -0.319. The third kappa shape index (κ3) is 5.37. The summed E-state index contributed by atoms with van der Waals surface area (Å²) < 4.78 is 0. The molecule has 0 radical (unpaired) electrons. The summed E-state index contributed by atoms with van der Waals surface area (Å²) >= 11 is 1.34. The van der Waals surface area contributed by atoms with Crippen molar-refractivity contribution in [3.8, 4) is 0 Å². The summed E-state index contributed by atoms with van der Waals surface area (Å²) in [5.74, 6) is -0.395. The Morgan fingerprint density at radius 1 is 1.26 bits per heavy atom. The van der Waals surface area contributed by atoms with Crippen molar-refractivity contribution in [3.63, 3.8) is 0 Å². The highest BCUT2D eigenvalue weighted by Gasteiger charge is 2.13. The molecule has 1 aromatic rings. The molecule has 0 bridgehead atoms. The lowest BCUT2D eigenvalue weighted by Gasteiger charge is -2.20. The number of carbonyl (C=O) groups is 2. The van der Waals surface area contributed by atoms with Crippen molar-refractivity contribution < 1.29 is 19.8 Å². The van der Waals surface area contributed by atoms with Crippen LogP contribution in [-0.4, -0.2) is 59.8 Å². The van der Waals surface area contributed by atoms with Gasteiger partial charge in [0.15, 0.2) is 0 Å². The van der Waals surface area contributed by atoms with Crippen molar-refractivity contribution in [1.82, 2.24) is 10.2 Å². The smallest absolute Gasteiger partial charge is 0.261 e. The molecule has 106 valence electrons. The molecule has 0 aliphatic rings. The van der Waals surface area contributed by atoms with Crippen LogP contribution in [0.2, 0.25) is 0 Å². The molecule has 0 saturated heterocycles. The Morgan fingerprint density at radius 3 is 2.47 bits per heavy atom. The Morgan fingerprint density at radius 2 is 1.95 bits per heavy atom. The number of aliphatic hydroxyl groups excluding tert-OH is 2.